The molecular weight excluding hydrogens is 650 g/mol. The van der Waals surface area contributed by atoms with Gasteiger partial charge < -0.3 is 30.3 Å². The minimum absolute atomic E-state index is 0.134. The number of rotatable bonds is 11. The van der Waals surface area contributed by atoms with E-state index in [1.54, 1.807) is 34.1 Å². The van der Waals surface area contributed by atoms with Gasteiger partial charge in [0.2, 0.25) is 5.95 Å². The number of nitrogens with two attached hydrogens (primary N) is 1. The number of amides is 1. The molecule has 0 aliphatic carbocycles. The van der Waals surface area contributed by atoms with Gasteiger partial charge in [-0.2, -0.15) is 31.4 Å². The van der Waals surface area contributed by atoms with Gasteiger partial charge in [-0.05, 0) is 30.5 Å². The summed E-state index contributed by atoms with van der Waals surface area (Å²) >= 11 is 0. The number of aromatic nitrogens is 4. The molecule has 0 radical (unpaired) electrons. The van der Waals surface area contributed by atoms with Crippen LogP contribution in [-0.2, 0) is 28.4 Å². The highest BCUT2D eigenvalue weighted by atomic mass is 19.4. The lowest BCUT2D eigenvalue weighted by Gasteiger charge is -2.36. The van der Waals surface area contributed by atoms with Crippen LogP contribution in [-0.4, -0.2) is 88.6 Å². The van der Waals surface area contributed by atoms with Crippen LogP contribution in [0.5, 0.6) is 5.75 Å². The third-order valence-electron chi connectivity index (χ3n) is 8.31. The summed E-state index contributed by atoms with van der Waals surface area (Å²) in [5.41, 5.74) is 2.11. The van der Waals surface area contributed by atoms with Gasteiger partial charge in [0.1, 0.15) is 17.4 Å². The number of methoxy groups -OCH3 is 1. The Morgan fingerprint density at radius 2 is 1.62 bits per heavy atom. The van der Waals surface area contributed by atoms with Gasteiger partial charge >= 0.3 is 12.4 Å². The lowest BCUT2D eigenvalue weighted by molar-refractivity contribution is -0.139. The average molecular weight is 685 g/mol. The third-order valence-corrected chi connectivity index (χ3v) is 8.31. The summed E-state index contributed by atoms with van der Waals surface area (Å²) in [4.78, 5) is 37.2. The number of hydrogen-bond acceptors (Lipinski definition) is 10. The molecule has 2 fully saturated rings. The van der Waals surface area contributed by atoms with Gasteiger partial charge in [-0.25, -0.2) is 14.6 Å². The fourth-order valence-corrected chi connectivity index (χ4v) is 5.71. The predicted octanol–water partition coefficient (Wildman–Crippen LogP) is 3.15. The average Bonchev–Trinajstić information content (AvgIpc) is 3.43. The number of nitrogens with one attached hydrogen (secondary N) is 1. The Morgan fingerprint density at radius 3 is 2.21 bits per heavy atom. The highest BCUT2D eigenvalue weighted by Gasteiger charge is 2.40. The maximum atomic E-state index is 14.1. The van der Waals surface area contributed by atoms with Crippen molar-refractivity contribution >= 4 is 17.5 Å². The Kier molecular flexibility index (Phi) is 10.4. The Bertz CT molecular complexity index is 1610. The van der Waals surface area contributed by atoms with Gasteiger partial charge in [0.05, 0.1) is 43.8 Å². The second-order valence-corrected chi connectivity index (χ2v) is 11.4. The molecule has 2 atom stereocenters. The molecule has 12 nitrogen and oxygen atoms in total. The maximum absolute atomic E-state index is 14.1. The number of nitrogens with zero attached hydrogens (tertiary/aromatic N) is 6. The molecule has 4 heterocycles. The van der Waals surface area contributed by atoms with Crippen molar-refractivity contribution in [2.45, 2.75) is 56.3 Å². The van der Waals surface area contributed by atoms with Crippen LogP contribution in [0, 0.1) is 0 Å². The van der Waals surface area contributed by atoms with Gasteiger partial charge in [-0.15, -0.1) is 0 Å². The van der Waals surface area contributed by atoms with E-state index in [2.05, 4.69) is 20.4 Å². The summed E-state index contributed by atoms with van der Waals surface area (Å²) in [5, 5.41) is 6.57. The van der Waals surface area contributed by atoms with Crippen molar-refractivity contribution in [1.29, 1.82) is 0 Å². The molecule has 2 aromatic heterocycles. The highest BCUT2D eigenvalue weighted by molar-refractivity contribution is 5.83. The molecule has 0 bridgehead atoms. The molecule has 2 saturated heterocycles. The van der Waals surface area contributed by atoms with Crippen LogP contribution >= 0.6 is 0 Å². The molecule has 18 heteroatoms. The van der Waals surface area contributed by atoms with Gasteiger partial charge in [-0.1, -0.05) is 12.1 Å². The van der Waals surface area contributed by atoms with E-state index >= 15 is 0 Å². The van der Waals surface area contributed by atoms with E-state index in [9.17, 15) is 35.9 Å². The summed E-state index contributed by atoms with van der Waals surface area (Å²) in [5.74, 6) is 0.454. The fourth-order valence-electron chi connectivity index (χ4n) is 5.71. The summed E-state index contributed by atoms with van der Waals surface area (Å²) in [6, 6.07) is 5.45. The van der Waals surface area contributed by atoms with Crippen LogP contribution in [0.15, 0.2) is 47.7 Å². The molecule has 3 N–H and O–H groups in total. The molecule has 5 rings (SSSR count). The van der Waals surface area contributed by atoms with E-state index in [4.69, 9.17) is 15.2 Å². The monoisotopic (exact) mass is 684 g/mol. The van der Waals surface area contributed by atoms with Crippen molar-refractivity contribution < 1.29 is 40.6 Å². The van der Waals surface area contributed by atoms with E-state index in [-0.39, 0.29) is 37.6 Å². The first-order chi connectivity index (χ1) is 22.8. The third kappa shape index (κ3) is 7.98. The van der Waals surface area contributed by atoms with E-state index in [1.807, 2.05) is 0 Å². The standard InChI is InChI=1S/C30H34F6N8O4/c1-47-22-4-2-18(3-5-22)16-44-27(46)25(30(34,35)36)23(15-40-44)41-20(12-37)17-48-24-8-11-43(26(24)45)21-6-9-42(10-7-21)28-38-13-19(14-39-28)29(31,32)33/h2-5,13-15,20-21,24,41H,6-12,16-17,37H2,1H3/t20?,24-/m1/s1. The van der Waals surface area contributed by atoms with Crippen molar-refractivity contribution in [2.75, 3.05) is 50.1 Å². The highest BCUT2D eigenvalue weighted by Crippen LogP contribution is 2.33. The molecule has 2 aliphatic rings. The molecule has 260 valence electrons. The molecule has 1 amide bonds. The second-order valence-electron chi connectivity index (χ2n) is 11.4. The lowest BCUT2D eigenvalue weighted by atomic mass is 10.0. The number of halogens is 6. The second kappa shape index (κ2) is 14.3. The van der Waals surface area contributed by atoms with E-state index in [0.29, 0.717) is 50.2 Å². The van der Waals surface area contributed by atoms with E-state index in [1.165, 1.54) is 7.11 Å². The predicted molar refractivity (Wildman–Crippen MR) is 160 cm³/mol. The number of anilines is 2. The van der Waals surface area contributed by atoms with E-state index < -0.39 is 46.9 Å². The number of likely N-dealkylation sites (tertiary alicyclic amines) is 1. The van der Waals surface area contributed by atoms with Crippen LogP contribution < -0.4 is 26.2 Å². The topological polar surface area (TPSA) is 141 Å². The largest absolute Gasteiger partial charge is 0.497 e. The number of ether oxygens (including phenoxy) is 2. The Balaban J connectivity index is 1.17. The molecule has 1 unspecified atom stereocenters. The quantitative estimate of drug-likeness (QED) is 0.290. The van der Waals surface area contributed by atoms with Gasteiger partial charge in [0.15, 0.2) is 0 Å². The first-order valence-corrected chi connectivity index (χ1v) is 15.1. The summed E-state index contributed by atoms with van der Waals surface area (Å²) < 4.78 is 92.4. The Morgan fingerprint density at radius 1 is 0.958 bits per heavy atom. The lowest BCUT2D eigenvalue weighted by Crippen LogP contribution is -2.47. The molecule has 48 heavy (non-hydrogen) atoms. The zero-order chi connectivity index (χ0) is 34.6. The summed E-state index contributed by atoms with van der Waals surface area (Å²) in [7, 11) is 1.47. The maximum Gasteiger partial charge on any atom is 0.423 e. The zero-order valence-corrected chi connectivity index (χ0v) is 25.8. The molecule has 0 spiro atoms. The molecule has 1 aromatic carbocycles. The number of carbonyl (C=O) groups is 1. The first-order valence-electron chi connectivity index (χ1n) is 15.1. The SMILES string of the molecule is COc1ccc(Cn2ncc(NC(CN)CO[C@@H]3CCN(C4CCN(c5ncc(C(F)(F)F)cn5)CC4)C3=O)c(C(F)(F)F)c2=O)cc1. The fraction of sp³-hybridized carbons (Fsp3) is 0.500. The first kappa shape index (κ1) is 34.9. The van der Waals surface area contributed by atoms with Crippen molar-refractivity contribution in [3.8, 4) is 5.75 Å². The number of benzene rings is 1. The van der Waals surface area contributed by atoms with Crippen LogP contribution in [0.3, 0.4) is 0 Å². The Labute approximate surface area is 270 Å². The molecule has 2 aliphatic heterocycles. The number of piperidine rings is 1. The molecule has 3 aromatic rings. The minimum atomic E-state index is -5.00. The van der Waals surface area contributed by atoms with Crippen LogP contribution in [0.4, 0.5) is 38.0 Å². The minimum Gasteiger partial charge on any atom is -0.497 e. The van der Waals surface area contributed by atoms with Gasteiger partial charge in [0, 0.05) is 51.0 Å². The zero-order valence-electron chi connectivity index (χ0n) is 25.8. The number of alkyl halides is 6. The van der Waals surface area contributed by atoms with Crippen LogP contribution in [0.2, 0.25) is 0 Å². The molecular formula is C30H34F6N8O4. The van der Waals surface area contributed by atoms with Crippen molar-refractivity contribution in [3.63, 3.8) is 0 Å². The number of carbonyl (C=O) groups excluding carboxylic acids is 1. The summed E-state index contributed by atoms with van der Waals surface area (Å²) in [6.45, 7) is 0.688. The summed E-state index contributed by atoms with van der Waals surface area (Å²) in [6.07, 6.45) is -6.55. The van der Waals surface area contributed by atoms with Crippen molar-refractivity contribution in [2.24, 2.45) is 5.73 Å². The van der Waals surface area contributed by atoms with Crippen LogP contribution in [0.25, 0.3) is 0 Å². The Hall–Kier alpha value is -4.45. The van der Waals surface area contributed by atoms with Crippen molar-refractivity contribution in [3.05, 3.63) is 69.9 Å². The smallest absolute Gasteiger partial charge is 0.423 e. The van der Waals surface area contributed by atoms with Gasteiger partial charge in [-0.3, -0.25) is 9.59 Å². The van der Waals surface area contributed by atoms with Gasteiger partial charge in [0.25, 0.3) is 11.5 Å². The van der Waals surface area contributed by atoms with E-state index in [0.717, 1.165) is 23.3 Å². The van der Waals surface area contributed by atoms with Crippen molar-refractivity contribution in [1.82, 2.24) is 24.6 Å². The number of hydrogen-bond donors (Lipinski definition) is 2. The molecule has 0 saturated carbocycles. The normalized spacial score (nSPS) is 18.3. The van der Waals surface area contributed by atoms with Crippen LogP contribution in [0.1, 0.15) is 36.0 Å².